The first-order valence-electron chi connectivity index (χ1n) is 4.67. The summed E-state index contributed by atoms with van der Waals surface area (Å²) in [6.07, 6.45) is 1.55. The highest BCUT2D eigenvalue weighted by Crippen LogP contribution is 2.20. The van der Waals surface area contributed by atoms with Crippen LogP contribution in [0.2, 0.25) is 0 Å². The quantitative estimate of drug-likeness (QED) is 0.690. The molecule has 0 aromatic carbocycles. The van der Waals surface area contributed by atoms with E-state index in [0.29, 0.717) is 11.6 Å². The predicted molar refractivity (Wildman–Crippen MR) is 57.3 cm³/mol. The molecule has 1 unspecified atom stereocenters. The number of anilines is 1. The highest BCUT2D eigenvalue weighted by atomic mass is 16.5. The average Bonchev–Trinajstić information content (AvgIpc) is 2.35. The fourth-order valence-corrected chi connectivity index (χ4v) is 1.15. The molecule has 0 aliphatic heterocycles. The summed E-state index contributed by atoms with van der Waals surface area (Å²) < 4.78 is 9.56. The maximum absolute atomic E-state index is 11.2. The summed E-state index contributed by atoms with van der Waals surface area (Å²) in [5, 5.41) is 11.8. The zero-order valence-corrected chi connectivity index (χ0v) is 9.14. The van der Waals surface area contributed by atoms with Gasteiger partial charge in [0.1, 0.15) is 6.04 Å². The zero-order valence-electron chi connectivity index (χ0n) is 9.14. The van der Waals surface area contributed by atoms with E-state index < -0.39 is 12.0 Å². The fraction of sp³-hybridized carbons (Fsp3) is 0.400. The van der Waals surface area contributed by atoms with Crippen molar-refractivity contribution >= 4 is 11.8 Å². The third kappa shape index (κ3) is 2.83. The number of aliphatic hydroxyl groups excluding tert-OH is 1. The van der Waals surface area contributed by atoms with E-state index in [4.69, 9.17) is 9.84 Å². The maximum atomic E-state index is 11.2. The highest BCUT2D eigenvalue weighted by molar-refractivity contribution is 5.79. The Morgan fingerprint density at radius 3 is 2.94 bits per heavy atom. The van der Waals surface area contributed by atoms with Gasteiger partial charge in [0.2, 0.25) is 0 Å². The van der Waals surface area contributed by atoms with Gasteiger partial charge >= 0.3 is 5.97 Å². The standard InChI is InChI=1S/C10H14N2O4/c1-15-8-4-3-5-11-9(8)12-7(6-13)10(14)16-2/h3-5,7,13H,6H2,1-2H3,(H,11,12). The number of carbonyl (C=O) groups is 1. The first-order chi connectivity index (χ1) is 7.72. The van der Waals surface area contributed by atoms with Crippen LogP contribution in [0.25, 0.3) is 0 Å². The van der Waals surface area contributed by atoms with Gasteiger partial charge in [0, 0.05) is 6.20 Å². The van der Waals surface area contributed by atoms with E-state index in [1.807, 2.05) is 0 Å². The number of rotatable bonds is 5. The fourth-order valence-electron chi connectivity index (χ4n) is 1.15. The van der Waals surface area contributed by atoms with Gasteiger partial charge in [-0.1, -0.05) is 0 Å². The lowest BCUT2D eigenvalue weighted by Gasteiger charge is -2.15. The number of methoxy groups -OCH3 is 2. The summed E-state index contributed by atoms with van der Waals surface area (Å²) in [5.74, 6) is 0.314. The Morgan fingerprint density at radius 2 is 2.38 bits per heavy atom. The second kappa shape index (κ2) is 5.92. The Labute approximate surface area is 93.2 Å². The number of nitrogens with zero attached hydrogens (tertiary/aromatic N) is 1. The van der Waals surface area contributed by atoms with Gasteiger partial charge in [-0.15, -0.1) is 0 Å². The minimum atomic E-state index is -0.853. The molecule has 1 heterocycles. The second-order valence-corrected chi connectivity index (χ2v) is 2.96. The van der Waals surface area contributed by atoms with Crippen LogP contribution in [-0.4, -0.2) is 42.9 Å². The van der Waals surface area contributed by atoms with Crippen LogP contribution in [0.15, 0.2) is 18.3 Å². The number of aliphatic hydroxyl groups is 1. The van der Waals surface area contributed by atoms with Crippen LogP contribution in [-0.2, 0) is 9.53 Å². The van der Waals surface area contributed by atoms with Gasteiger partial charge in [-0.3, -0.25) is 0 Å². The molecule has 88 valence electrons. The molecule has 6 heteroatoms. The highest BCUT2D eigenvalue weighted by Gasteiger charge is 2.19. The molecular formula is C10H14N2O4. The van der Waals surface area contributed by atoms with E-state index in [9.17, 15) is 4.79 Å². The maximum Gasteiger partial charge on any atom is 0.330 e. The molecule has 1 aromatic rings. The molecule has 0 fully saturated rings. The van der Waals surface area contributed by atoms with Crippen LogP contribution in [0.3, 0.4) is 0 Å². The summed E-state index contributed by atoms with van der Waals surface area (Å²) in [7, 11) is 2.75. The minimum Gasteiger partial charge on any atom is -0.493 e. The van der Waals surface area contributed by atoms with Crippen molar-refractivity contribution in [2.45, 2.75) is 6.04 Å². The molecule has 0 spiro atoms. The van der Waals surface area contributed by atoms with Crippen molar-refractivity contribution in [3.63, 3.8) is 0 Å². The summed E-state index contributed by atoms with van der Waals surface area (Å²) in [5.41, 5.74) is 0. The Bertz CT molecular complexity index is 356. The number of hydrogen-bond acceptors (Lipinski definition) is 6. The van der Waals surface area contributed by atoms with Crippen LogP contribution in [0, 0.1) is 0 Å². The van der Waals surface area contributed by atoms with Crippen molar-refractivity contribution in [1.29, 1.82) is 0 Å². The largest absolute Gasteiger partial charge is 0.493 e. The summed E-state index contributed by atoms with van der Waals surface area (Å²) in [6.45, 7) is -0.383. The Balaban J connectivity index is 2.81. The molecule has 0 saturated heterocycles. The molecule has 1 aromatic heterocycles. The number of carbonyl (C=O) groups excluding carboxylic acids is 1. The predicted octanol–water partition coefficient (Wildman–Crippen LogP) is 0.0360. The van der Waals surface area contributed by atoms with Crippen LogP contribution in [0.5, 0.6) is 5.75 Å². The molecule has 0 saturated carbocycles. The first-order valence-corrected chi connectivity index (χ1v) is 4.67. The normalized spacial score (nSPS) is 11.7. The number of pyridine rings is 1. The topological polar surface area (TPSA) is 80.7 Å². The molecule has 0 aliphatic carbocycles. The monoisotopic (exact) mass is 226 g/mol. The van der Waals surface area contributed by atoms with E-state index in [-0.39, 0.29) is 6.61 Å². The number of aromatic nitrogens is 1. The van der Waals surface area contributed by atoms with E-state index in [0.717, 1.165) is 0 Å². The molecular weight excluding hydrogens is 212 g/mol. The van der Waals surface area contributed by atoms with Gasteiger partial charge in [0.25, 0.3) is 0 Å². The van der Waals surface area contributed by atoms with E-state index >= 15 is 0 Å². The van der Waals surface area contributed by atoms with Gasteiger partial charge in [-0.05, 0) is 12.1 Å². The molecule has 2 N–H and O–H groups in total. The Kier molecular flexibility index (Phi) is 4.53. The number of hydrogen-bond donors (Lipinski definition) is 2. The SMILES string of the molecule is COC(=O)C(CO)Nc1ncccc1OC. The minimum absolute atomic E-state index is 0.383. The van der Waals surface area contributed by atoms with Crippen molar-refractivity contribution in [2.24, 2.45) is 0 Å². The third-order valence-corrected chi connectivity index (χ3v) is 1.97. The molecule has 0 radical (unpaired) electrons. The van der Waals surface area contributed by atoms with Gasteiger partial charge in [-0.25, -0.2) is 9.78 Å². The number of nitrogens with one attached hydrogen (secondary N) is 1. The van der Waals surface area contributed by atoms with E-state index in [2.05, 4.69) is 15.0 Å². The van der Waals surface area contributed by atoms with Crippen molar-refractivity contribution in [3.05, 3.63) is 18.3 Å². The molecule has 16 heavy (non-hydrogen) atoms. The van der Waals surface area contributed by atoms with Gasteiger partial charge < -0.3 is 19.9 Å². The lowest BCUT2D eigenvalue weighted by atomic mass is 10.3. The van der Waals surface area contributed by atoms with Crippen molar-refractivity contribution < 1.29 is 19.4 Å². The van der Waals surface area contributed by atoms with Crippen LogP contribution < -0.4 is 10.1 Å². The van der Waals surface area contributed by atoms with Gasteiger partial charge in [0.15, 0.2) is 11.6 Å². The lowest BCUT2D eigenvalue weighted by molar-refractivity contribution is -0.142. The summed E-state index contributed by atoms with van der Waals surface area (Å²) >= 11 is 0. The Morgan fingerprint density at radius 1 is 1.62 bits per heavy atom. The molecule has 0 amide bonds. The summed E-state index contributed by atoms with van der Waals surface area (Å²) in [6, 6.07) is 2.55. The van der Waals surface area contributed by atoms with Gasteiger partial charge in [-0.2, -0.15) is 0 Å². The van der Waals surface area contributed by atoms with Crippen molar-refractivity contribution in [2.75, 3.05) is 26.1 Å². The smallest absolute Gasteiger partial charge is 0.330 e. The molecule has 1 atom stereocenters. The Hall–Kier alpha value is -1.82. The zero-order chi connectivity index (χ0) is 12.0. The van der Waals surface area contributed by atoms with Crippen molar-refractivity contribution in [1.82, 2.24) is 4.98 Å². The van der Waals surface area contributed by atoms with Crippen molar-refractivity contribution in [3.8, 4) is 5.75 Å². The molecule has 0 bridgehead atoms. The average molecular weight is 226 g/mol. The van der Waals surface area contributed by atoms with Crippen LogP contribution in [0.4, 0.5) is 5.82 Å². The van der Waals surface area contributed by atoms with E-state index in [1.165, 1.54) is 14.2 Å². The molecule has 0 aliphatic rings. The number of ether oxygens (including phenoxy) is 2. The second-order valence-electron chi connectivity index (χ2n) is 2.96. The first kappa shape index (κ1) is 12.3. The van der Waals surface area contributed by atoms with Gasteiger partial charge in [0.05, 0.1) is 20.8 Å². The summed E-state index contributed by atoms with van der Waals surface area (Å²) in [4.78, 5) is 15.2. The van der Waals surface area contributed by atoms with E-state index in [1.54, 1.807) is 18.3 Å². The van der Waals surface area contributed by atoms with Crippen LogP contribution in [0.1, 0.15) is 0 Å². The van der Waals surface area contributed by atoms with Crippen LogP contribution >= 0.6 is 0 Å². The number of esters is 1. The third-order valence-electron chi connectivity index (χ3n) is 1.97. The molecule has 1 rings (SSSR count). The lowest BCUT2D eigenvalue weighted by Crippen LogP contribution is -2.34. The molecule has 6 nitrogen and oxygen atoms in total.